The molecule has 0 saturated carbocycles. The molecule has 0 spiro atoms. The lowest BCUT2D eigenvalue weighted by Crippen LogP contribution is -2.25. The molecule has 3 nitrogen and oxygen atoms in total. The number of hydrogen-bond donors (Lipinski definition) is 1. The standard InChI is InChI=1S/C12H21N3S/c1-4-15(5-2)6-7-16-12-11(13)8-10(3)9-14-12/h8-9H,4-7,13H2,1-3H3. The number of aryl methyl sites for hydroxylation is 1. The van der Waals surface area contributed by atoms with E-state index in [9.17, 15) is 0 Å². The van der Waals surface area contributed by atoms with E-state index < -0.39 is 0 Å². The summed E-state index contributed by atoms with van der Waals surface area (Å²) in [4.78, 5) is 6.75. The van der Waals surface area contributed by atoms with E-state index in [0.717, 1.165) is 41.7 Å². The van der Waals surface area contributed by atoms with Crippen LogP contribution >= 0.6 is 11.8 Å². The summed E-state index contributed by atoms with van der Waals surface area (Å²) in [7, 11) is 0. The lowest BCUT2D eigenvalue weighted by Gasteiger charge is -2.17. The summed E-state index contributed by atoms with van der Waals surface area (Å²) in [6, 6.07) is 1.98. The number of nitrogens with two attached hydrogens (primary N) is 1. The predicted molar refractivity (Wildman–Crippen MR) is 71.9 cm³/mol. The highest BCUT2D eigenvalue weighted by Gasteiger charge is 2.03. The van der Waals surface area contributed by atoms with Crippen molar-refractivity contribution in [3.05, 3.63) is 17.8 Å². The van der Waals surface area contributed by atoms with Crippen LogP contribution in [0, 0.1) is 6.92 Å². The molecule has 0 unspecified atom stereocenters. The van der Waals surface area contributed by atoms with Crippen molar-refractivity contribution in [3.8, 4) is 0 Å². The van der Waals surface area contributed by atoms with Crippen LogP contribution in [-0.4, -0.2) is 35.3 Å². The Morgan fingerprint density at radius 3 is 2.62 bits per heavy atom. The lowest BCUT2D eigenvalue weighted by molar-refractivity contribution is 0.324. The minimum Gasteiger partial charge on any atom is -0.397 e. The van der Waals surface area contributed by atoms with Crippen molar-refractivity contribution in [2.45, 2.75) is 25.8 Å². The van der Waals surface area contributed by atoms with Crippen LogP contribution in [0.25, 0.3) is 0 Å². The van der Waals surface area contributed by atoms with E-state index in [0.29, 0.717) is 0 Å². The van der Waals surface area contributed by atoms with E-state index in [1.54, 1.807) is 11.8 Å². The highest BCUT2D eigenvalue weighted by Crippen LogP contribution is 2.22. The van der Waals surface area contributed by atoms with Gasteiger partial charge in [-0.25, -0.2) is 4.98 Å². The van der Waals surface area contributed by atoms with Gasteiger partial charge in [-0.1, -0.05) is 13.8 Å². The summed E-state index contributed by atoms with van der Waals surface area (Å²) in [5.74, 6) is 1.04. The van der Waals surface area contributed by atoms with Crippen LogP contribution in [0.1, 0.15) is 19.4 Å². The second kappa shape index (κ2) is 6.76. The van der Waals surface area contributed by atoms with Crippen molar-refractivity contribution in [1.82, 2.24) is 9.88 Å². The van der Waals surface area contributed by atoms with Crippen LogP contribution in [0.15, 0.2) is 17.3 Å². The van der Waals surface area contributed by atoms with Crippen LogP contribution in [0.4, 0.5) is 5.69 Å². The molecule has 0 amide bonds. The molecular formula is C12H21N3S. The Bertz CT molecular complexity index is 324. The van der Waals surface area contributed by atoms with Gasteiger partial charge in [0.1, 0.15) is 5.03 Å². The third-order valence-electron chi connectivity index (χ3n) is 2.56. The molecule has 0 atom stereocenters. The van der Waals surface area contributed by atoms with Crippen molar-refractivity contribution in [3.63, 3.8) is 0 Å². The Hall–Kier alpha value is -0.740. The van der Waals surface area contributed by atoms with Crippen LogP contribution in [0.3, 0.4) is 0 Å². The number of thioether (sulfide) groups is 1. The molecule has 0 aliphatic rings. The van der Waals surface area contributed by atoms with Gasteiger partial charge in [0.25, 0.3) is 0 Å². The van der Waals surface area contributed by atoms with E-state index in [-0.39, 0.29) is 0 Å². The van der Waals surface area contributed by atoms with Gasteiger partial charge < -0.3 is 10.6 Å². The summed E-state index contributed by atoms with van der Waals surface area (Å²) in [6.07, 6.45) is 1.87. The smallest absolute Gasteiger partial charge is 0.119 e. The average Bonchev–Trinajstić information content (AvgIpc) is 2.27. The van der Waals surface area contributed by atoms with Crippen molar-refractivity contribution in [1.29, 1.82) is 0 Å². The van der Waals surface area contributed by atoms with Crippen LogP contribution in [0.2, 0.25) is 0 Å². The van der Waals surface area contributed by atoms with Gasteiger partial charge in [0.15, 0.2) is 0 Å². The van der Waals surface area contributed by atoms with Gasteiger partial charge in [0.05, 0.1) is 5.69 Å². The first kappa shape index (κ1) is 13.3. The normalized spacial score (nSPS) is 11.0. The highest BCUT2D eigenvalue weighted by atomic mass is 32.2. The Morgan fingerprint density at radius 1 is 1.38 bits per heavy atom. The Balaban J connectivity index is 2.42. The third-order valence-corrected chi connectivity index (χ3v) is 3.56. The molecule has 0 fully saturated rings. The fourth-order valence-corrected chi connectivity index (χ4v) is 2.41. The molecule has 1 rings (SSSR count). The fourth-order valence-electron chi connectivity index (χ4n) is 1.51. The minimum atomic E-state index is 0.796. The summed E-state index contributed by atoms with van der Waals surface area (Å²) in [5, 5.41) is 0.956. The average molecular weight is 239 g/mol. The molecule has 1 aromatic rings. The fraction of sp³-hybridized carbons (Fsp3) is 0.583. The van der Waals surface area contributed by atoms with Gasteiger partial charge in [-0.15, -0.1) is 11.8 Å². The summed E-state index contributed by atoms with van der Waals surface area (Å²) < 4.78 is 0. The van der Waals surface area contributed by atoms with Gasteiger partial charge in [-0.3, -0.25) is 0 Å². The van der Waals surface area contributed by atoms with E-state index >= 15 is 0 Å². The van der Waals surface area contributed by atoms with Gasteiger partial charge in [0, 0.05) is 18.5 Å². The number of pyridine rings is 1. The molecule has 1 heterocycles. The van der Waals surface area contributed by atoms with Gasteiger partial charge >= 0.3 is 0 Å². The van der Waals surface area contributed by atoms with Crippen molar-refractivity contribution >= 4 is 17.4 Å². The third kappa shape index (κ3) is 4.02. The molecule has 2 N–H and O–H groups in total. The monoisotopic (exact) mass is 239 g/mol. The van der Waals surface area contributed by atoms with Crippen molar-refractivity contribution in [2.24, 2.45) is 0 Å². The van der Waals surface area contributed by atoms with E-state index in [2.05, 4.69) is 23.7 Å². The number of anilines is 1. The van der Waals surface area contributed by atoms with Gasteiger partial charge in [-0.2, -0.15) is 0 Å². The molecule has 1 aromatic heterocycles. The van der Waals surface area contributed by atoms with E-state index in [4.69, 9.17) is 5.73 Å². The predicted octanol–water partition coefficient (Wildman–Crippen LogP) is 2.41. The zero-order valence-electron chi connectivity index (χ0n) is 10.4. The first-order valence-corrected chi connectivity index (χ1v) is 6.73. The topological polar surface area (TPSA) is 42.2 Å². The summed E-state index contributed by atoms with van der Waals surface area (Å²) in [6.45, 7) is 9.68. The SMILES string of the molecule is CCN(CC)CCSc1ncc(C)cc1N. The maximum atomic E-state index is 5.91. The molecule has 0 aromatic carbocycles. The maximum Gasteiger partial charge on any atom is 0.119 e. The zero-order chi connectivity index (χ0) is 12.0. The maximum absolute atomic E-state index is 5.91. The van der Waals surface area contributed by atoms with Gasteiger partial charge in [0.2, 0.25) is 0 Å². The molecule has 4 heteroatoms. The Morgan fingerprint density at radius 2 is 2.06 bits per heavy atom. The molecule has 0 saturated heterocycles. The highest BCUT2D eigenvalue weighted by molar-refractivity contribution is 7.99. The van der Waals surface area contributed by atoms with Crippen LogP contribution < -0.4 is 5.73 Å². The molecule has 90 valence electrons. The minimum absolute atomic E-state index is 0.796. The second-order valence-corrected chi connectivity index (χ2v) is 4.87. The number of aromatic nitrogens is 1. The molecule has 0 aliphatic carbocycles. The largest absolute Gasteiger partial charge is 0.397 e. The molecule has 16 heavy (non-hydrogen) atoms. The van der Waals surface area contributed by atoms with Crippen LogP contribution in [0.5, 0.6) is 0 Å². The first-order valence-electron chi connectivity index (χ1n) is 5.74. The number of hydrogen-bond acceptors (Lipinski definition) is 4. The van der Waals surface area contributed by atoms with E-state index in [1.165, 1.54) is 0 Å². The number of rotatable bonds is 6. The Kier molecular flexibility index (Phi) is 5.63. The molecule has 0 radical (unpaired) electrons. The first-order chi connectivity index (χ1) is 7.67. The van der Waals surface area contributed by atoms with Crippen molar-refractivity contribution < 1.29 is 0 Å². The summed E-state index contributed by atoms with van der Waals surface area (Å²) in [5.41, 5.74) is 7.82. The second-order valence-electron chi connectivity index (χ2n) is 3.78. The molecular weight excluding hydrogens is 218 g/mol. The zero-order valence-corrected chi connectivity index (χ0v) is 11.2. The van der Waals surface area contributed by atoms with E-state index in [1.807, 2.05) is 19.2 Å². The van der Waals surface area contributed by atoms with Crippen molar-refractivity contribution in [2.75, 3.05) is 31.1 Å². The number of nitrogens with zero attached hydrogens (tertiary/aromatic N) is 2. The molecule has 0 bridgehead atoms. The Labute approximate surface area is 102 Å². The summed E-state index contributed by atoms with van der Waals surface area (Å²) >= 11 is 1.74. The van der Waals surface area contributed by atoms with Gasteiger partial charge in [-0.05, 0) is 31.6 Å². The number of nitrogen functional groups attached to an aromatic ring is 1. The quantitative estimate of drug-likeness (QED) is 0.774. The molecule has 0 aliphatic heterocycles. The van der Waals surface area contributed by atoms with Crippen LogP contribution in [-0.2, 0) is 0 Å². The lowest BCUT2D eigenvalue weighted by atomic mass is 10.3.